The van der Waals surface area contributed by atoms with Gasteiger partial charge in [0.2, 0.25) is 11.8 Å². The summed E-state index contributed by atoms with van der Waals surface area (Å²) < 4.78 is 0. The van der Waals surface area contributed by atoms with E-state index in [9.17, 15) is 9.59 Å². The van der Waals surface area contributed by atoms with E-state index in [4.69, 9.17) is 23.2 Å². The Morgan fingerprint density at radius 3 is 2.16 bits per heavy atom. The first-order valence-corrected chi connectivity index (χ1v) is 15.0. The zero-order valence-corrected chi connectivity index (χ0v) is 23.8. The lowest BCUT2D eigenvalue weighted by molar-refractivity contribution is -0.141. The SMILES string of the molecule is O=C(NC1CCCCC1)C(Cc1ccccc1)N(Cc1c(Cl)cccc1Cl)C(=O)CCSc1ccccc1. The average Bonchev–Trinajstić information content (AvgIpc) is 2.93. The predicted octanol–water partition coefficient (Wildman–Crippen LogP) is 7.56. The van der Waals surface area contributed by atoms with Gasteiger partial charge in [-0.2, -0.15) is 0 Å². The van der Waals surface area contributed by atoms with Crippen molar-refractivity contribution in [3.05, 3.63) is 100 Å². The summed E-state index contributed by atoms with van der Waals surface area (Å²) in [6.45, 7) is 0.170. The Labute approximate surface area is 240 Å². The lowest BCUT2D eigenvalue weighted by Crippen LogP contribution is -2.53. The van der Waals surface area contributed by atoms with Gasteiger partial charge in [-0.3, -0.25) is 9.59 Å². The minimum Gasteiger partial charge on any atom is -0.352 e. The smallest absolute Gasteiger partial charge is 0.243 e. The van der Waals surface area contributed by atoms with Crippen LogP contribution in [-0.4, -0.2) is 34.6 Å². The zero-order chi connectivity index (χ0) is 26.7. The highest BCUT2D eigenvalue weighted by molar-refractivity contribution is 7.99. The van der Waals surface area contributed by atoms with E-state index in [1.54, 1.807) is 34.9 Å². The van der Waals surface area contributed by atoms with Gasteiger partial charge in [0.05, 0.1) is 0 Å². The van der Waals surface area contributed by atoms with E-state index in [0.29, 0.717) is 34.2 Å². The number of nitrogens with one attached hydrogen (secondary N) is 1. The Bertz CT molecular complexity index is 1170. The molecule has 1 saturated carbocycles. The summed E-state index contributed by atoms with van der Waals surface area (Å²) in [5.74, 6) is 0.398. The zero-order valence-electron chi connectivity index (χ0n) is 21.5. The van der Waals surface area contributed by atoms with Gasteiger partial charge in [-0.25, -0.2) is 0 Å². The number of carbonyl (C=O) groups is 2. The van der Waals surface area contributed by atoms with Crippen LogP contribution in [0.15, 0.2) is 83.8 Å². The fourth-order valence-corrected chi connectivity index (χ4v) is 6.25. The fraction of sp³-hybridized carbons (Fsp3) is 0.355. The summed E-state index contributed by atoms with van der Waals surface area (Å²) in [4.78, 5) is 30.5. The van der Waals surface area contributed by atoms with Crippen LogP contribution in [-0.2, 0) is 22.6 Å². The molecule has 0 aliphatic heterocycles. The maximum absolute atomic E-state index is 13.8. The molecule has 0 saturated heterocycles. The topological polar surface area (TPSA) is 49.4 Å². The van der Waals surface area contributed by atoms with Gasteiger partial charge in [0, 0.05) is 51.7 Å². The van der Waals surface area contributed by atoms with Crippen molar-refractivity contribution < 1.29 is 9.59 Å². The lowest BCUT2D eigenvalue weighted by atomic mass is 9.94. The van der Waals surface area contributed by atoms with Gasteiger partial charge in [-0.05, 0) is 42.7 Å². The van der Waals surface area contributed by atoms with Gasteiger partial charge in [-0.1, -0.05) is 97.1 Å². The first-order valence-electron chi connectivity index (χ1n) is 13.3. The Morgan fingerprint density at radius 1 is 0.868 bits per heavy atom. The van der Waals surface area contributed by atoms with E-state index < -0.39 is 6.04 Å². The van der Waals surface area contributed by atoms with Crippen LogP contribution in [0.5, 0.6) is 0 Å². The van der Waals surface area contributed by atoms with Gasteiger partial charge in [0.25, 0.3) is 0 Å². The quantitative estimate of drug-likeness (QED) is 0.243. The van der Waals surface area contributed by atoms with Crippen molar-refractivity contribution in [3.8, 4) is 0 Å². The molecule has 1 aliphatic carbocycles. The van der Waals surface area contributed by atoms with Gasteiger partial charge >= 0.3 is 0 Å². The second kappa shape index (κ2) is 14.6. The van der Waals surface area contributed by atoms with Crippen LogP contribution in [0.4, 0.5) is 0 Å². The molecule has 2 amide bonds. The molecule has 3 aromatic carbocycles. The molecule has 4 nitrogen and oxygen atoms in total. The molecule has 0 spiro atoms. The van der Waals surface area contributed by atoms with Crippen LogP contribution >= 0.6 is 35.0 Å². The Balaban J connectivity index is 1.60. The van der Waals surface area contributed by atoms with E-state index >= 15 is 0 Å². The highest BCUT2D eigenvalue weighted by atomic mass is 35.5. The third-order valence-electron chi connectivity index (χ3n) is 6.94. The molecule has 1 aliphatic rings. The molecular formula is C31H34Cl2N2O2S. The third-order valence-corrected chi connectivity index (χ3v) is 8.66. The summed E-state index contributed by atoms with van der Waals surface area (Å²) in [6.07, 6.45) is 6.09. The first-order chi connectivity index (χ1) is 18.5. The van der Waals surface area contributed by atoms with Gasteiger partial charge in [0.1, 0.15) is 6.04 Å². The van der Waals surface area contributed by atoms with E-state index in [-0.39, 0.29) is 24.4 Å². The average molecular weight is 570 g/mol. The Kier molecular flexibility index (Phi) is 11.0. The van der Waals surface area contributed by atoms with E-state index in [1.165, 1.54) is 6.42 Å². The molecule has 0 bridgehead atoms. The minimum absolute atomic E-state index is 0.0934. The van der Waals surface area contributed by atoms with Gasteiger partial charge in [-0.15, -0.1) is 11.8 Å². The van der Waals surface area contributed by atoms with Crippen LogP contribution in [0.25, 0.3) is 0 Å². The highest BCUT2D eigenvalue weighted by Crippen LogP contribution is 2.28. The number of rotatable bonds is 11. The maximum Gasteiger partial charge on any atom is 0.243 e. The molecule has 4 rings (SSSR count). The van der Waals surface area contributed by atoms with Crippen LogP contribution in [0.2, 0.25) is 10.0 Å². The Morgan fingerprint density at radius 2 is 1.50 bits per heavy atom. The molecule has 1 fully saturated rings. The van der Waals surface area contributed by atoms with Crippen molar-refractivity contribution in [2.75, 3.05) is 5.75 Å². The number of thioether (sulfide) groups is 1. The van der Waals surface area contributed by atoms with Crippen LogP contribution in [0.3, 0.4) is 0 Å². The number of amides is 2. The second-order valence-electron chi connectivity index (χ2n) is 9.68. The number of nitrogens with zero attached hydrogens (tertiary/aromatic N) is 1. The second-order valence-corrected chi connectivity index (χ2v) is 11.7. The van der Waals surface area contributed by atoms with E-state index in [1.807, 2.05) is 60.7 Å². The molecule has 0 heterocycles. The number of hydrogen-bond acceptors (Lipinski definition) is 3. The number of benzene rings is 3. The van der Waals surface area contributed by atoms with Gasteiger partial charge < -0.3 is 10.2 Å². The minimum atomic E-state index is -0.680. The van der Waals surface area contributed by atoms with Crippen molar-refractivity contribution >= 4 is 46.8 Å². The number of carbonyl (C=O) groups excluding carboxylic acids is 2. The lowest BCUT2D eigenvalue weighted by Gasteiger charge is -2.34. The molecule has 3 aromatic rings. The molecule has 1 unspecified atom stereocenters. The van der Waals surface area contributed by atoms with Gasteiger partial charge in [0.15, 0.2) is 0 Å². The van der Waals surface area contributed by atoms with Crippen molar-refractivity contribution in [1.29, 1.82) is 0 Å². The summed E-state index contributed by atoms with van der Waals surface area (Å²) >= 11 is 14.7. The molecule has 0 aromatic heterocycles. The van der Waals surface area contributed by atoms with Crippen LogP contribution in [0.1, 0.15) is 49.7 Å². The third kappa shape index (κ3) is 8.26. The van der Waals surface area contributed by atoms with Crippen LogP contribution in [0, 0.1) is 0 Å². The fourth-order valence-electron chi connectivity index (χ4n) is 4.87. The van der Waals surface area contributed by atoms with Crippen molar-refractivity contribution in [2.24, 2.45) is 0 Å². The van der Waals surface area contributed by atoms with Crippen LogP contribution < -0.4 is 5.32 Å². The molecule has 1 atom stereocenters. The van der Waals surface area contributed by atoms with Crippen molar-refractivity contribution in [3.63, 3.8) is 0 Å². The molecule has 7 heteroatoms. The van der Waals surface area contributed by atoms with E-state index in [0.717, 1.165) is 36.1 Å². The summed E-state index contributed by atoms with van der Waals surface area (Å²) in [6, 6.07) is 24.7. The predicted molar refractivity (Wildman–Crippen MR) is 158 cm³/mol. The summed E-state index contributed by atoms with van der Waals surface area (Å²) in [7, 11) is 0. The first kappa shape index (κ1) is 28.5. The standard InChI is InChI=1S/C31H34Cl2N2O2S/c32-27-17-10-18-28(33)26(27)22-35(30(36)19-20-38-25-15-8-3-9-16-25)29(21-23-11-4-1-5-12-23)31(37)34-24-13-6-2-7-14-24/h1,3-5,8-12,15-18,24,29H,2,6-7,13-14,19-22H2,(H,34,37). The highest BCUT2D eigenvalue weighted by Gasteiger charge is 2.32. The maximum atomic E-state index is 13.8. The number of hydrogen-bond donors (Lipinski definition) is 1. The largest absolute Gasteiger partial charge is 0.352 e. The molecule has 1 N–H and O–H groups in total. The molecule has 200 valence electrons. The Hall–Kier alpha value is -2.47. The monoisotopic (exact) mass is 568 g/mol. The summed E-state index contributed by atoms with van der Waals surface area (Å²) in [5.41, 5.74) is 1.65. The van der Waals surface area contributed by atoms with Crippen molar-refractivity contribution in [2.45, 2.75) is 68.5 Å². The van der Waals surface area contributed by atoms with E-state index in [2.05, 4.69) is 5.32 Å². The molecular weight excluding hydrogens is 535 g/mol. The molecule has 0 radical (unpaired) electrons. The molecule has 38 heavy (non-hydrogen) atoms. The normalized spacial score (nSPS) is 14.6. The number of halogens is 2. The van der Waals surface area contributed by atoms with Crippen molar-refractivity contribution in [1.82, 2.24) is 10.2 Å². The summed E-state index contributed by atoms with van der Waals surface area (Å²) in [5, 5.41) is 4.24.